The minimum absolute atomic E-state index is 0.517. The molecule has 33 heavy (non-hydrogen) atoms. The van der Waals surface area contributed by atoms with Gasteiger partial charge in [-0.05, 0) is 0 Å². The summed E-state index contributed by atoms with van der Waals surface area (Å²) in [7, 11) is 0. The molecule has 162 valence electrons. The standard InChI is InChI=1S/C19H18N.2C6H5.Bi/c1-13(2)15-7-8-18-16(12-15)9-10-20-19(18)17-6-4-5-14(3)11-17;2*1-2-4-6-5-3-1;/h5-13H,1-3H3;2*1-5H;. The van der Waals surface area contributed by atoms with Gasteiger partial charge in [-0.3, -0.25) is 0 Å². The van der Waals surface area contributed by atoms with Gasteiger partial charge in [0, 0.05) is 0 Å². The van der Waals surface area contributed by atoms with Crippen molar-refractivity contribution in [2.45, 2.75) is 26.7 Å². The van der Waals surface area contributed by atoms with Gasteiger partial charge in [0.1, 0.15) is 0 Å². The Balaban J connectivity index is 1.68. The molecule has 0 bridgehead atoms. The quantitative estimate of drug-likeness (QED) is 0.224. The number of aromatic nitrogens is 1. The molecule has 1 aromatic heterocycles. The number of fused-ring (bicyclic) bond motifs is 1. The first-order valence-electron chi connectivity index (χ1n) is 11.5. The molecule has 0 N–H and O–H groups in total. The summed E-state index contributed by atoms with van der Waals surface area (Å²) in [5, 5.41) is 2.49. The third kappa shape index (κ3) is 4.63. The molecule has 0 amide bonds. The van der Waals surface area contributed by atoms with E-state index in [0.29, 0.717) is 5.92 Å². The SMILES string of the molecule is Cc1cc(-c2nccc3cc(C(C)C)ccc23)c[c]([Bi]([c]2ccccc2)[c]2ccccc2)c1. The van der Waals surface area contributed by atoms with Crippen molar-refractivity contribution in [2.24, 2.45) is 0 Å². The first-order chi connectivity index (χ1) is 16.1. The van der Waals surface area contributed by atoms with E-state index in [0.717, 1.165) is 5.69 Å². The molecule has 5 aromatic rings. The number of hydrogen-bond donors (Lipinski definition) is 0. The van der Waals surface area contributed by atoms with Gasteiger partial charge in [-0.25, -0.2) is 0 Å². The monoisotopic (exact) mass is 623 g/mol. The van der Waals surface area contributed by atoms with E-state index >= 15 is 0 Å². The third-order valence-electron chi connectivity index (χ3n) is 6.08. The molecule has 0 aliphatic carbocycles. The topological polar surface area (TPSA) is 12.9 Å². The Labute approximate surface area is 204 Å². The molecule has 0 fully saturated rings. The van der Waals surface area contributed by atoms with E-state index in [4.69, 9.17) is 4.98 Å². The average molecular weight is 624 g/mol. The van der Waals surface area contributed by atoms with Gasteiger partial charge in [0.25, 0.3) is 0 Å². The van der Waals surface area contributed by atoms with E-state index in [1.807, 2.05) is 6.20 Å². The Bertz CT molecular complexity index is 1350. The second kappa shape index (κ2) is 9.58. The second-order valence-corrected chi connectivity index (χ2v) is 17.5. The van der Waals surface area contributed by atoms with Crippen LogP contribution in [0.4, 0.5) is 0 Å². The van der Waals surface area contributed by atoms with Crippen molar-refractivity contribution in [2.75, 3.05) is 0 Å². The Morgan fingerprint density at radius 1 is 0.667 bits per heavy atom. The van der Waals surface area contributed by atoms with Gasteiger partial charge in [0.2, 0.25) is 0 Å². The Morgan fingerprint density at radius 3 is 1.97 bits per heavy atom. The molecule has 0 aliphatic heterocycles. The number of rotatable bonds is 5. The zero-order chi connectivity index (χ0) is 22.8. The third-order valence-corrected chi connectivity index (χ3v) is 15.4. The van der Waals surface area contributed by atoms with Crippen molar-refractivity contribution < 1.29 is 0 Å². The van der Waals surface area contributed by atoms with Crippen molar-refractivity contribution in [1.29, 1.82) is 0 Å². The predicted molar refractivity (Wildman–Crippen MR) is 144 cm³/mol. The van der Waals surface area contributed by atoms with E-state index in [-0.39, 0.29) is 0 Å². The van der Waals surface area contributed by atoms with Crippen LogP contribution < -0.4 is 9.81 Å². The van der Waals surface area contributed by atoms with Crippen LogP contribution in [-0.4, -0.2) is 26.7 Å². The van der Waals surface area contributed by atoms with Crippen LogP contribution in [0.5, 0.6) is 0 Å². The van der Waals surface area contributed by atoms with Gasteiger partial charge in [-0.15, -0.1) is 0 Å². The Morgan fingerprint density at radius 2 is 1.33 bits per heavy atom. The van der Waals surface area contributed by atoms with Crippen molar-refractivity contribution in [3.8, 4) is 11.3 Å². The number of hydrogen-bond acceptors (Lipinski definition) is 1. The summed E-state index contributed by atoms with van der Waals surface area (Å²) in [6, 6.07) is 38.3. The average Bonchev–Trinajstić information content (AvgIpc) is 2.84. The summed E-state index contributed by atoms with van der Waals surface area (Å²) in [6.07, 6.45) is 1.96. The van der Waals surface area contributed by atoms with E-state index in [2.05, 4.69) is 124 Å². The Kier molecular flexibility index (Phi) is 6.38. The fourth-order valence-corrected chi connectivity index (χ4v) is 13.9. The molecule has 0 saturated heterocycles. The van der Waals surface area contributed by atoms with Crippen molar-refractivity contribution in [3.05, 3.63) is 120 Å². The number of nitrogens with zero attached hydrogens (tertiary/aromatic N) is 1. The number of pyridine rings is 1. The van der Waals surface area contributed by atoms with Gasteiger partial charge >= 0.3 is 206 Å². The van der Waals surface area contributed by atoms with Crippen LogP contribution in [0.1, 0.15) is 30.9 Å². The summed E-state index contributed by atoms with van der Waals surface area (Å²) >= 11 is -2.43. The molecule has 4 aromatic carbocycles. The predicted octanol–water partition coefficient (Wildman–Crippen LogP) is 5.85. The van der Waals surface area contributed by atoms with E-state index in [9.17, 15) is 0 Å². The maximum atomic E-state index is 4.86. The molecular formula is C31H28BiN. The van der Waals surface area contributed by atoms with E-state index in [1.165, 1.54) is 37.3 Å². The molecule has 2 heteroatoms. The first-order valence-corrected chi connectivity index (χ1v) is 16.7. The summed E-state index contributed by atoms with van der Waals surface area (Å²) < 4.78 is 4.50. The van der Waals surface area contributed by atoms with Crippen molar-refractivity contribution in [1.82, 2.24) is 4.98 Å². The number of aryl methyl sites for hydroxylation is 1. The summed E-state index contributed by atoms with van der Waals surface area (Å²) in [4.78, 5) is 4.86. The summed E-state index contributed by atoms with van der Waals surface area (Å²) in [5.74, 6) is 0.517. The van der Waals surface area contributed by atoms with Crippen molar-refractivity contribution in [3.63, 3.8) is 0 Å². The van der Waals surface area contributed by atoms with Crippen LogP contribution in [0.25, 0.3) is 22.0 Å². The molecule has 0 saturated carbocycles. The molecule has 1 nitrogen and oxygen atoms in total. The van der Waals surface area contributed by atoms with Crippen LogP contribution in [0.3, 0.4) is 0 Å². The normalized spacial score (nSPS) is 11.4. The zero-order valence-corrected chi connectivity index (χ0v) is 22.8. The molecule has 5 rings (SSSR count). The first kappa shape index (κ1) is 22.0. The molecule has 0 radical (unpaired) electrons. The second-order valence-electron chi connectivity index (χ2n) is 8.86. The van der Waals surface area contributed by atoms with Gasteiger partial charge in [0.05, 0.1) is 0 Å². The molecule has 0 spiro atoms. The van der Waals surface area contributed by atoms with Gasteiger partial charge in [-0.1, -0.05) is 0 Å². The van der Waals surface area contributed by atoms with Crippen LogP contribution in [-0.2, 0) is 0 Å². The van der Waals surface area contributed by atoms with Gasteiger partial charge in [-0.2, -0.15) is 0 Å². The van der Waals surface area contributed by atoms with Crippen LogP contribution in [0.15, 0.2) is 109 Å². The van der Waals surface area contributed by atoms with Crippen LogP contribution in [0, 0.1) is 6.92 Å². The molecular weight excluding hydrogens is 595 g/mol. The maximum absolute atomic E-state index is 4.86. The van der Waals surface area contributed by atoms with Crippen molar-refractivity contribution >= 4 is 42.3 Å². The summed E-state index contributed by atoms with van der Waals surface area (Å²) in [5.41, 5.74) is 4.97. The molecule has 0 aliphatic rings. The fraction of sp³-hybridized carbons (Fsp3) is 0.129. The minimum atomic E-state index is -2.43. The molecule has 0 unspecified atom stereocenters. The van der Waals surface area contributed by atoms with Crippen LogP contribution >= 0.6 is 0 Å². The van der Waals surface area contributed by atoms with E-state index < -0.39 is 21.8 Å². The molecule has 0 atom stereocenters. The Hall–Kier alpha value is -2.83. The van der Waals surface area contributed by atoms with Crippen LogP contribution in [0.2, 0.25) is 0 Å². The summed E-state index contributed by atoms with van der Waals surface area (Å²) in [6.45, 7) is 6.71. The van der Waals surface area contributed by atoms with E-state index in [1.54, 1.807) is 0 Å². The molecule has 1 heterocycles. The zero-order valence-electron chi connectivity index (χ0n) is 19.4. The number of benzene rings is 4. The van der Waals surface area contributed by atoms with Gasteiger partial charge < -0.3 is 0 Å². The van der Waals surface area contributed by atoms with Gasteiger partial charge in [0.15, 0.2) is 0 Å². The fourth-order valence-electron chi connectivity index (χ4n) is 4.42.